The van der Waals surface area contributed by atoms with Crippen molar-refractivity contribution in [2.45, 2.75) is 33.1 Å². The highest BCUT2D eigenvalue weighted by Crippen LogP contribution is 2.41. The van der Waals surface area contributed by atoms with E-state index in [0.29, 0.717) is 5.75 Å². The topological polar surface area (TPSA) is 119 Å². The Bertz CT molecular complexity index is 1020. The van der Waals surface area contributed by atoms with Crippen molar-refractivity contribution in [3.05, 3.63) is 58.6 Å². The molecule has 2 aromatic carbocycles. The van der Waals surface area contributed by atoms with E-state index in [0.717, 1.165) is 29.4 Å². The highest BCUT2D eigenvalue weighted by Gasteiger charge is 2.42. The number of allylic oxidation sites excluding steroid dienone is 1. The van der Waals surface area contributed by atoms with Gasteiger partial charge in [0.15, 0.2) is 5.71 Å². The van der Waals surface area contributed by atoms with Crippen LogP contribution in [0.4, 0.5) is 11.4 Å². The molecular formula is C23H28Cl2N2O5. The normalized spacial score (nSPS) is 14.9. The van der Waals surface area contributed by atoms with Crippen LogP contribution < -0.4 is 23.5 Å². The molecule has 0 aromatic heterocycles. The van der Waals surface area contributed by atoms with E-state index in [1.165, 1.54) is 17.0 Å². The number of hydrogen-bond acceptors (Lipinski definition) is 6. The highest BCUT2D eigenvalue weighted by atomic mass is 35.7. The summed E-state index contributed by atoms with van der Waals surface area (Å²) in [4.78, 5) is 2.22. The first kappa shape index (κ1) is 26.1. The van der Waals surface area contributed by atoms with Gasteiger partial charge in [0.1, 0.15) is 12.8 Å². The Morgan fingerprint density at radius 3 is 2.16 bits per heavy atom. The molecule has 1 N–H and O–H groups in total. The molecule has 1 aliphatic heterocycles. The van der Waals surface area contributed by atoms with Gasteiger partial charge in [-0.2, -0.15) is 4.58 Å². The molecule has 3 rings (SSSR count). The van der Waals surface area contributed by atoms with E-state index in [-0.39, 0.29) is 5.41 Å². The zero-order valence-electron chi connectivity index (χ0n) is 18.8. The fourth-order valence-corrected chi connectivity index (χ4v) is 4.11. The maximum absolute atomic E-state index is 10.5. The standard InChI is InChI=1S/C23H27ClN2O.ClHO4/c1-6-26(7-2)18-11-8-16(21(27)15-18)9-13-22-23(3,4)19-14-17(24)10-12-20(19)25(22)5;2-1(3,4)5/h8-15H,6-7H2,1-5H3;(H,2,3,4,5). The van der Waals surface area contributed by atoms with Gasteiger partial charge in [0, 0.05) is 53.1 Å². The van der Waals surface area contributed by atoms with Gasteiger partial charge >= 0.3 is 0 Å². The van der Waals surface area contributed by atoms with Gasteiger partial charge in [-0.1, -0.05) is 11.6 Å². The zero-order chi connectivity index (χ0) is 24.3. The predicted molar refractivity (Wildman–Crippen MR) is 116 cm³/mol. The number of benzene rings is 2. The molecule has 0 spiro atoms. The summed E-state index contributed by atoms with van der Waals surface area (Å²) >= 11 is 6.22. The van der Waals surface area contributed by atoms with Crippen molar-refractivity contribution in [3.63, 3.8) is 0 Å². The molecule has 174 valence electrons. The summed E-state index contributed by atoms with van der Waals surface area (Å²) < 4.78 is 36.2. The van der Waals surface area contributed by atoms with Gasteiger partial charge in [-0.3, -0.25) is 0 Å². The smallest absolute Gasteiger partial charge is 0.209 e. The lowest BCUT2D eigenvalue weighted by atomic mass is 9.81. The minimum Gasteiger partial charge on any atom is -0.507 e. The number of aromatic hydroxyl groups is 1. The quantitative estimate of drug-likeness (QED) is 0.631. The van der Waals surface area contributed by atoms with E-state index < -0.39 is 10.2 Å². The monoisotopic (exact) mass is 482 g/mol. The lowest BCUT2D eigenvalue weighted by molar-refractivity contribution is -2.00. The van der Waals surface area contributed by atoms with Gasteiger partial charge in [0.25, 0.3) is 0 Å². The second-order valence-electron chi connectivity index (χ2n) is 7.86. The third-order valence-corrected chi connectivity index (χ3v) is 5.79. The number of anilines is 1. The highest BCUT2D eigenvalue weighted by molar-refractivity contribution is 6.30. The van der Waals surface area contributed by atoms with E-state index >= 15 is 0 Å². The van der Waals surface area contributed by atoms with Crippen molar-refractivity contribution < 1.29 is 38.6 Å². The van der Waals surface area contributed by atoms with Crippen LogP contribution in [0, 0.1) is 10.2 Å². The van der Waals surface area contributed by atoms with Crippen molar-refractivity contribution in [1.82, 2.24) is 0 Å². The summed E-state index contributed by atoms with van der Waals surface area (Å²) in [5, 5.41) is 11.2. The first-order valence-electron chi connectivity index (χ1n) is 10.1. The van der Waals surface area contributed by atoms with Crippen LogP contribution in [0.2, 0.25) is 5.02 Å². The number of phenols is 1. The Balaban J connectivity index is 0.000000654. The third-order valence-electron chi connectivity index (χ3n) is 5.56. The maximum atomic E-state index is 10.5. The number of phenolic OH excluding ortho intramolecular Hbond substituents is 1. The van der Waals surface area contributed by atoms with Gasteiger partial charge in [-0.05, 0) is 58.0 Å². The van der Waals surface area contributed by atoms with Crippen LogP contribution in [0.25, 0.3) is 6.08 Å². The van der Waals surface area contributed by atoms with Crippen molar-refractivity contribution >= 4 is 34.8 Å². The van der Waals surface area contributed by atoms with E-state index in [2.05, 4.69) is 62.4 Å². The predicted octanol–water partition coefficient (Wildman–Crippen LogP) is 0.855. The van der Waals surface area contributed by atoms with Crippen molar-refractivity contribution in [2.75, 3.05) is 25.0 Å². The summed E-state index contributed by atoms with van der Waals surface area (Å²) in [6, 6.07) is 11.9. The van der Waals surface area contributed by atoms with E-state index in [1.807, 2.05) is 30.3 Å². The number of hydrogen-bond donors (Lipinski definition) is 1. The number of halogens is 2. The molecule has 0 fully saturated rings. The Hall–Kier alpha value is -2.13. The lowest BCUT2D eigenvalue weighted by Crippen LogP contribution is -2.68. The molecule has 0 aliphatic carbocycles. The molecule has 32 heavy (non-hydrogen) atoms. The average Bonchev–Trinajstić information content (AvgIpc) is 2.86. The van der Waals surface area contributed by atoms with Crippen LogP contribution in [0.3, 0.4) is 0 Å². The Kier molecular flexibility index (Phi) is 8.33. The molecule has 9 heteroatoms. The van der Waals surface area contributed by atoms with Crippen LogP contribution in [0.5, 0.6) is 5.75 Å². The fraction of sp³-hybridized carbons (Fsp3) is 0.348. The Morgan fingerprint density at radius 1 is 1.03 bits per heavy atom. The van der Waals surface area contributed by atoms with Crippen molar-refractivity contribution in [3.8, 4) is 5.75 Å². The maximum Gasteiger partial charge on any atom is 0.209 e. The fourth-order valence-electron chi connectivity index (χ4n) is 3.94. The molecule has 0 saturated carbocycles. The van der Waals surface area contributed by atoms with Gasteiger partial charge in [-0.15, -0.1) is 10.2 Å². The van der Waals surface area contributed by atoms with Crippen LogP contribution in [0.15, 0.2) is 42.5 Å². The van der Waals surface area contributed by atoms with Crippen LogP contribution >= 0.6 is 11.6 Å². The summed E-state index contributed by atoms with van der Waals surface area (Å²) in [5.74, 6) is 0.301. The second-order valence-corrected chi connectivity index (χ2v) is 9.05. The molecule has 7 nitrogen and oxygen atoms in total. The molecule has 0 radical (unpaired) electrons. The number of fused-ring (bicyclic) bond motifs is 1. The molecule has 0 atom stereocenters. The molecule has 0 unspecified atom stereocenters. The molecule has 1 heterocycles. The van der Waals surface area contributed by atoms with E-state index in [9.17, 15) is 5.11 Å². The minimum atomic E-state index is -4.94. The molecule has 2 aromatic rings. The van der Waals surface area contributed by atoms with Crippen LogP contribution in [0.1, 0.15) is 38.8 Å². The van der Waals surface area contributed by atoms with E-state index in [4.69, 9.17) is 30.2 Å². The van der Waals surface area contributed by atoms with Gasteiger partial charge in [0.05, 0.1) is 5.41 Å². The van der Waals surface area contributed by atoms with Gasteiger partial charge in [0.2, 0.25) is 5.69 Å². The Morgan fingerprint density at radius 2 is 1.62 bits per heavy atom. The summed E-state index contributed by atoms with van der Waals surface area (Å²) in [7, 11) is -2.87. The minimum absolute atomic E-state index is 0.151. The summed E-state index contributed by atoms with van der Waals surface area (Å²) in [6.07, 6.45) is 4.09. The largest absolute Gasteiger partial charge is 0.507 e. The third kappa shape index (κ3) is 6.22. The first-order chi connectivity index (χ1) is 14.8. The second kappa shape index (κ2) is 10.2. The molecular weight excluding hydrogens is 455 g/mol. The summed E-state index contributed by atoms with van der Waals surface area (Å²) in [6.45, 7) is 10.5. The molecule has 0 saturated heterocycles. The Labute approximate surface area is 195 Å². The van der Waals surface area contributed by atoms with Crippen LogP contribution in [-0.2, 0) is 5.41 Å². The molecule has 0 amide bonds. The van der Waals surface area contributed by atoms with E-state index in [1.54, 1.807) is 0 Å². The molecule has 1 aliphatic rings. The number of rotatable bonds is 5. The summed E-state index contributed by atoms with van der Waals surface area (Å²) in [5.41, 5.74) is 5.28. The van der Waals surface area contributed by atoms with Crippen molar-refractivity contribution in [2.24, 2.45) is 0 Å². The SMILES string of the molecule is CCN(CC)c1ccc(C=CC2=[N+](C)c3ccc(Cl)cc3C2(C)C)c(O)c1.[O-][Cl+3]([O-])([O-])[O-]. The first-order valence-corrected chi connectivity index (χ1v) is 11.7. The average molecular weight is 483 g/mol. The molecule has 0 bridgehead atoms. The van der Waals surface area contributed by atoms with Crippen molar-refractivity contribution in [1.29, 1.82) is 0 Å². The number of nitrogens with zero attached hydrogens (tertiary/aromatic N) is 2. The van der Waals surface area contributed by atoms with Gasteiger partial charge in [-0.25, -0.2) is 18.6 Å². The van der Waals surface area contributed by atoms with Crippen LogP contribution in [-0.4, -0.2) is 35.5 Å². The van der Waals surface area contributed by atoms with Gasteiger partial charge < -0.3 is 10.0 Å². The zero-order valence-corrected chi connectivity index (χ0v) is 20.3. The lowest BCUT2D eigenvalue weighted by Gasteiger charge is -2.21.